The molecule has 0 radical (unpaired) electrons. The predicted molar refractivity (Wildman–Crippen MR) is 128 cm³/mol. The lowest BCUT2D eigenvalue weighted by Crippen LogP contribution is -2.48. The van der Waals surface area contributed by atoms with E-state index in [-0.39, 0.29) is 12.1 Å². The lowest BCUT2D eigenvalue weighted by atomic mass is 9.59. The second-order valence-corrected chi connectivity index (χ2v) is 9.83. The van der Waals surface area contributed by atoms with Crippen molar-refractivity contribution in [2.24, 2.45) is 52.9 Å². The van der Waals surface area contributed by atoms with Crippen LogP contribution in [0.3, 0.4) is 0 Å². The first kappa shape index (κ1) is 24.2. The lowest BCUT2D eigenvalue weighted by Gasteiger charge is -2.48. The van der Waals surface area contributed by atoms with Crippen molar-refractivity contribution in [2.45, 2.75) is 76.8 Å². The Bertz CT molecular complexity index is 453. The summed E-state index contributed by atoms with van der Waals surface area (Å²) in [4.78, 5) is 0. The summed E-state index contributed by atoms with van der Waals surface area (Å²) in [5.74, 6) is 4.50. The van der Waals surface area contributed by atoms with Crippen LogP contribution in [0.1, 0.15) is 64.7 Å². The van der Waals surface area contributed by atoms with Crippen molar-refractivity contribution < 1.29 is 0 Å². The molecule has 0 amide bonds. The van der Waals surface area contributed by atoms with Crippen LogP contribution in [0.2, 0.25) is 0 Å². The highest BCUT2D eigenvalue weighted by Gasteiger charge is 2.43. The highest BCUT2D eigenvalue weighted by Crippen LogP contribution is 2.48. The third kappa shape index (κ3) is 5.95. The monoisotopic (exact) mass is 398 g/mol. The minimum atomic E-state index is 0.279. The quantitative estimate of drug-likeness (QED) is 0.404. The highest BCUT2D eigenvalue weighted by atomic mass is 14.7. The zero-order chi connectivity index (χ0) is 21.4. The van der Waals surface area contributed by atoms with E-state index in [4.69, 9.17) is 11.5 Å². The molecule has 164 valence electrons. The number of rotatable bonds is 11. The third-order valence-electron chi connectivity index (χ3n) is 8.16. The Morgan fingerprint density at radius 3 is 1.14 bits per heavy atom. The molecule has 0 bridgehead atoms. The van der Waals surface area contributed by atoms with Crippen molar-refractivity contribution in [3.05, 3.63) is 50.6 Å². The molecule has 2 aliphatic carbocycles. The van der Waals surface area contributed by atoms with Crippen LogP contribution in [-0.4, -0.2) is 12.1 Å². The van der Waals surface area contributed by atoms with Gasteiger partial charge in [-0.15, -0.1) is 26.3 Å². The van der Waals surface area contributed by atoms with Gasteiger partial charge in [0.05, 0.1) is 0 Å². The second kappa shape index (κ2) is 11.9. The number of hydrogen-bond acceptors (Lipinski definition) is 2. The predicted octanol–water partition coefficient (Wildman–Crippen LogP) is 6.26. The molecule has 2 nitrogen and oxygen atoms in total. The van der Waals surface area contributed by atoms with E-state index in [0.29, 0.717) is 23.7 Å². The zero-order valence-corrected chi connectivity index (χ0v) is 18.9. The second-order valence-electron chi connectivity index (χ2n) is 9.83. The van der Waals surface area contributed by atoms with Crippen LogP contribution in [0.4, 0.5) is 0 Å². The zero-order valence-electron chi connectivity index (χ0n) is 18.9. The highest BCUT2D eigenvalue weighted by molar-refractivity contribution is 4.99. The Hall–Kier alpha value is -1.12. The molecular formula is C27H46N2. The van der Waals surface area contributed by atoms with Gasteiger partial charge in [0, 0.05) is 12.1 Å². The molecule has 4 N–H and O–H groups in total. The Kier molecular flexibility index (Phi) is 9.92. The van der Waals surface area contributed by atoms with Crippen molar-refractivity contribution in [3.63, 3.8) is 0 Å². The van der Waals surface area contributed by atoms with Crippen LogP contribution in [-0.2, 0) is 0 Å². The van der Waals surface area contributed by atoms with Gasteiger partial charge >= 0.3 is 0 Å². The summed E-state index contributed by atoms with van der Waals surface area (Å²) in [6.07, 6.45) is 18.7. The average Bonchev–Trinajstić information content (AvgIpc) is 2.70. The number of nitrogens with two attached hydrogens (primary N) is 2. The Morgan fingerprint density at radius 2 is 0.931 bits per heavy atom. The van der Waals surface area contributed by atoms with Gasteiger partial charge in [-0.25, -0.2) is 0 Å². The Morgan fingerprint density at radius 1 is 0.655 bits per heavy atom. The van der Waals surface area contributed by atoms with E-state index in [0.717, 1.165) is 43.4 Å². The van der Waals surface area contributed by atoms with Crippen LogP contribution in [0.25, 0.3) is 0 Å². The van der Waals surface area contributed by atoms with Crippen molar-refractivity contribution in [1.29, 1.82) is 0 Å². The largest absolute Gasteiger partial charge is 0.327 e. The third-order valence-corrected chi connectivity index (χ3v) is 8.16. The molecule has 0 heterocycles. The van der Waals surface area contributed by atoms with Crippen LogP contribution < -0.4 is 11.5 Å². The van der Waals surface area contributed by atoms with Crippen molar-refractivity contribution >= 4 is 0 Å². The van der Waals surface area contributed by atoms with Gasteiger partial charge in [0.1, 0.15) is 0 Å². The molecule has 29 heavy (non-hydrogen) atoms. The maximum atomic E-state index is 6.68. The molecule has 2 heteroatoms. The first-order valence-electron chi connectivity index (χ1n) is 11.9. The summed E-state index contributed by atoms with van der Waals surface area (Å²) in [6, 6.07) is 0.558. The summed E-state index contributed by atoms with van der Waals surface area (Å²) in [7, 11) is 0. The molecule has 0 aromatic carbocycles. The summed E-state index contributed by atoms with van der Waals surface area (Å²) >= 11 is 0. The molecule has 0 aromatic heterocycles. The van der Waals surface area contributed by atoms with E-state index in [2.05, 4.69) is 57.5 Å². The smallest absolute Gasteiger partial charge is 0.0102 e. The summed E-state index contributed by atoms with van der Waals surface area (Å²) in [5.41, 5.74) is 13.4. The maximum absolute atomic E-state index is 6.68. The van der Waals surface area contributed by atoms with Crippen LogP contribution >= 0.6 is 0 Å². The molecule has 4 unspecified atom stereocenters. The molecular weight excluding hydrogens is 352 g/mol. The SMILES string of the molecule is C=CCC1CC(C(CC)C2CC(CC=C)C(N)C(CC=C)C2)CC(CC=C)C1N. The van der Waals surface area contributed by atoms with Crippen LogP contribution in [0, 0.1) is 41.4 Å². The minimum absolute atomic E-state index is 0.279. The van der Waals surface area contributed by atoms with Crippen LogP contribution in [0.15, 0.2) is 50.6 Å². The molecule has 4 atom stereocenters. The van der Waals surface area contributed by atoms with E-state index in [1.165, 1.54) is 32.1 Å². The lowest BCUT2D eigenvalue weighted by molar-refractivity contribution is 0.0441. The van der Waals surface area contributed by atoms with Crippen LogP contribution in [0.5, 0.6) is 0 Å². The van der Waals surface area contributed by atoms with Crippen molar-refractivity contribution in [2.75, 3.05) is 0 Å². The molecule has 0 aromatic rings. The topological polar surface area (TPSA) is 52.0 Å². The standard InChI is InChI=1S/C27H46N2/c1-6-11-19-15-23(16-20(12-7-2)26(19)28)25(10-5)24-17-21(13-8-3)27(29)22(18-24)14-9-4/h6-9,19-27H,1-4,10-18,28-29H2,5H3. The van der Waals surface area contributed by atoms with E-state index >= 15 is 0 Å². The minimum Gasteiger partial charge on any atom is -0.327 e. The van der Waals surface area contributed by atoms with Gasteiger partial charge in [0.25, 0.3) is 0 Å². The van der Waals surface area contributed by atoms with E-state index in [9.17, 15) is 0 Å². The summed E-state index contributed by atoms with van der Waals surface area (Å²) < 4.78 is 0. The molecule has 2 fully saturated rings. The fraction of sp³-hybridized carbons (Fsp3) is 0.704. The van der Waals surface area contributed by atoms with Gasteiger partial charge in [-0.05, 0) is 92.8 Å². The molecule has 0 spiro atoms. The Labute approximate surface area is 180 Å². The van der Waals surface area contributed by atoms with Gasteiger partial charge < -0.3 is 11.5 Å². The van der Waals surface area contributed by atoms with E-state index < -0.39 is 0 Å². The van der Waals surface area contributed by atoms with Gasteiger partial charge in [0.15, 0.2) is 0 Å². The fourth-order valence-electron chi connectivity index (χ4n) is 6.77. The first-order chi connectivity index (χ1) is 14.0. The molecule has 2 saturated carbocycles. The molecule has 0 aliphatic heterocycles. The van der Waals surface area contributed by atoms with Gasteiger partial charge in [-0.3, -0.25) is 0 Å². The van der Waals surface area contributed by atoms with Crippen molar-refractivity contribution in [3.8, 4) is 0 Å². The number of allylic oxidation sites excluding steroid dienone is 4. The maximum Gasteiger partial charge on any atom is 0.0102 e. The first-order valence-corrected chi connectivity index (χ1v) is 11.9. The summed E-state index contributed by atoms with van der Waals surface area (Å²) in [5, 5.41) is 0. The fourth-order valence-corrected chi connectivity index (χ4v) is 6.77. The normalized spacial score (nSPS) is 38.7. The van der Waals surface area contributed by atoms with Gasteiger partial charge in [0.2, 0.25) is 0 Å². The molecule has 2 rings (SSSR count). The molecule has 0 saturated heterocycles. The van der Waals surface area contributed by atoms with E-state index in [1.54, 1.807) is 0 Å². The van der Waals surface area contributed by atoms with Crippen molar-refractivity contribution in [1.82, 2.24) is 0 Å². The van der Waals surface area contributed by atoms with Gasteiger partial charge in [-0.2, -0.15) is 0 Å². The average molecular weight is 399 g/mol. The molecule has 2 aliphatic rings. The Balaban J connectivity index is 2.22. The summed E-state index contributed by atoms with van der Waals surface area (Å²) in [6.45, 7) is 18.4. The van der Waals surface area contributed by atoms with Gasteiger partial charge in [-0.1, -0.05) is 37.6 Å². The number of hydrogen-bond donors (Lipinski definition) is 2. The van der Waals surface area contributed by atoms with E-state index in [1.807, 2.05) is 0 Å².